The number of ether oxygens (including phenoxy) is 8. The second kappa shape index (κ2) is 53.3. The molecule has 0 bridgehead atoms. The van der Waals surface area contributed by atoms with Crippen molar-refractivity contribution in [3.63, 3.8) is 0 Å². The summed E-state index contributed by atoms with van der Waals surface area (Å²) in [5, 5.41) is 0. The van der Waals surface area contributed by atoms with Gasteiger partial charge in [-0.1, -0.05) is 184 Å². The first kappa shape index (κ1) is 98.7. The van der Waals surface area contributed by atoms with E-state index in [1.165, 1.54) is 118 Å². The van der Waals surface area contributed by atoms with Crippen LogP contribution < -0.4 is 19.1 Å². The van der Waals surface area contributed by atoms with Gasteiger partial charge >= 0.3 is 23.9 Å². The molecule has 4 aliphatic rings. The molecule has 4 fully saturated rings. The topological polar surface area (TPSA) is 179 Å². The van der Waals surface area contributed by atoms with Crippen LogP contribution in [0.3, 0.4) is 0 Å². The zero-order valence-electron chi connectivity index (χ0n) is 73.4. The number of hydrogen-bond acceptors (Lipinski definition) is 16. The quantitative estimate of drug-likeness (QED) is 0.00516. The van der Waals surface area contributed by atoms with E-state index in [-0.39, 0.29) is 27.8 Å². The summed E-state index contributed by atoms with van der Waals surface area (Å²) in [7, 11) is 16.7. The summed E-state index contributed by atoms with van der Waals surface area (Å²) in [6.07, 6.45) is 27.0. The van der Waals surface area contributed by atoms with Gasteiger partial charge < -0.3 is 42.8 Å². The molecule has 22 heteroatoms. The van der Waals surface area contributed by atoms with Gasteiger partial charge in [0.1, 0.15) is 48.8 Å². The average molecular weight is 1830 g/mol. The Kier molecular flexibility index (Phi) is 41.8. The van der Waals surface area contributed by atoms with Crippen LogP contribution >= 0.6 is 55.4 Å². The highest BCUT2D eigenvalue weighted by atomic mass is 31.0. The molecule has 14 atom stereocenters. The molecule has 0 aromatic heterocycles. The van der Waals surface area contributed by atoms with Crippen molar-refractivity contribution in [1.29, 1.82) is 0 Å². The molecule has 13 rings (SSSR count). The lowest BCUT2D eigenvalue weighted by Gasteiger charge is -2.29. The van der Waals surface area contributed by atoms with Crippen LogP contribution in [0.4, 0.5) is 0 Å². The van der Waals surface area contributed by atoms with E-state index in [1.807, 2.05) is 172 Å². The Labute approximate surface area is 764 Å². The first-order valence-electron chi connectivity index (χ1n) is 44.7. The maximum Gasteiger partial charge on any atom is 0.343 e. The van der Waals surface area contributed by atoms with E-state index in [4.69, 9.17) is 57.4 Å². The fourth-order valence-electron chi connectivity index (χ4n) is 16.0. The Morgan fingerprint density at radius 1 is 0.452 bits per heavy atom. The van der Waals surface area contributed by atoms with E-state index in [2.05, 4.69) is 118 Å². The van der Waals surface area contributed by atoms with Crippen LogP contribution in [-0.2, 0) is 62.1 Å². The van der Waals surface area contributed by atoms with Gasteiger partial charge in [-0.15, -0.1) is 55.4 Å². The summed E-state index contributed by atoms with van der Waals surface area (Å²) in [5.74, 6) is 4.90. The molecule has 9 aromatic rings. The van der Waals surface area contributed by atoms with E-state index in [9.17, 15) is 19.2 Å². The Morgan fingerprint density at radius 2 is 0.881 bits per heavy atom. The van der Waals surface area contributed by atoms with Crippen molar-refractivity contribution in [2.45, 2.75) is 185 Å². The molecule has 0 N–H and O–H groups in total. The molecule has 2 saturated carbocycles. The van der Waals surface area contributed by atoms with Crippen LogP contribution in [0.5, 0.6) is 23.0 Å². The van der Waals surface area contributed by atoms with E-state index in [0.717, 1.165) is 106 Å². The normalized spacial score (nSPS) is 19.3. The summed E-state index contributed by atoms with van der Waals surface area (Å²) in [4.78, 5) is 74.6. The standard InChI is InChI=1S/C42H48O4P2.C36H50O6P2.C26H30O6P2.2H2/c43-41(37-23-19-33(20-24-37)31-15-11-29(27-47)12-16-31)45-39(35-7-3-1-4-8-35)40(36-9-5-2-6-10-36)46-42(44)38-25-21-34(22-26-38)32-17-13-30(28-48)14-18-32;1-26(7-5-23-43)19-21-38-32-13-9-30(10-14-32)25-40-42-35-18-17-34(28(3)29(35)4)41-36(37)31-11-15-33(16-12-31)39-22-20-27(2)8-6-24-44;27-24(12-11-19-5-9-21(17-34)10-6-19)31-22-14-28-26-23(15-29-25(22)26)32-30-13-1-2-18-3-7-20(16-33)8-4-18;;/h1-10,19-26,29-32,39-40H,11-18,27-28,47-48H2;9-18,26-27H,5-8,19-25,43-44H2,1-4H3;1-12,22-23,25-26H,13-17,33-34H2;2*1H/b;;2-1+,12-11-;;/t29?,30?,31?,32?,39-,40-;;22-,23+,25-,26-;;/m1.1../s1/i;;;2*1+1. The zero-order valence-corrected chi connectivity index (χ0v) is 80.3. The number of fused-ring (bicyclic) bond motifs is 1. The van der Waals surface area contributed by atoms with E-state index < -0.39 is 42.2 Å². The highest BCUT2D eigenvalue weighted by Gasteiger charge is 2.51. The smallest absolute Gasteiger partial charge is 0.343 e. The van der Waals surface area contributed by atoms with Gasteiger partial charge in [-0.3, -0.25) is 0 Å². The molecular weight excluding hydrogens is 1690 g/mol. The van der Waals surface area contributed by atoms with Crippen LogP contribution in [0.2, 0.25) is 0 Å². The number of hydrogen-bond donors (Lipinski definition) is 0. The largest absolute Gasteiger partial charge is 0.494 e. The predicted octanol–water partition coefficient (Wildman–Crippen LogP) is 24.3. The van der Waals surface area contributed by atoms with Crippen molar-refractivity contribution in [3.05, 3.63) is 308 Å². The molecule has 9 aromatic carbocycles. The van der Waals surface area contributed by atoms with Gasteiger partial charge in [-0.2, -0.15) is 4.89 Å². The third-order valence-corrected chi connectivity index (χ3v) is 27.3. The van der Waals surface area contributed by atoms with Crippen molar-refractivity contribution >= 4 is 91.5 Å². The van der Waals surface area contributed by atoms with Crippen LogP contribution in [-0.4, -0.2) is 106 Å². The van der Waals surface area contributed by atoms with E-state index >= 15 is 0 Å². The molecule has 8 unspecified atom stereocenters. The third kappa shape index (κ3) is 31.2. The summed E-state index contributed by atoms with van der Waals surface area (Å²) in [5.41, 5.74) is 12.7. The fourth-order valence-corrected chi connectivity index (χ4v) is 17.9. The summed E-state index contributed by atoms with van der Waals surface area (Å²) in [6.45, 7) is 10.9. The van der Waals surface area contributed by atoms with Gasteiger partial charge in [0.2, 0.25) is 0 Å². The summed E-state index contributed by atoms with van der Waals surface area (Å²) in [6, 6.07) is 69.7. The number of rotatable bonds is 41. The molecule has 2 aliphatic carbocycles. The van der Waals surface area contributed by atoms with E-state index in [1.54, 1.807) is 30.3 Å². The second-order valence-corrected chi connectivity index (χ2v) is 36.2. The first-order chi connectivity index (χ1) is 61.5. The highest BCUT2D eigenvalue weighted by molar-refractivity contribution is 7.17. The molecule has 16 nitrogen and oxygen atoms in total. The first-order valence-corrected chi connectivity index (χ1v) is 49.6. The van der Waals surface area contributed by atoms with Crippen molar-refractivity contribution in [2.75, 3.05) is 57.7 Å². The van der Waals surface area contributed by atoms with Crippen LogP contribution in [0.15, 0.2) is 231 Å². The molecule has 0 amide bonds. The van der Waals surface area contributed by atoms with Crippen LogP contribution in [0.25, 0.3) is 12.2 Å². The number of carbonyl (C=O) groups excluding carboxylic acids is 4. The monoisotopic (exact) mass is 1820 g/mol. The molecule has 126 heavy (non-hydrogen) atoms. The van der Waals surface area contributed by atoms with Crippen molar-refractivity contribution in [2.24, 2.45) is 23.7 Å². The summed E-state index contributed by atoms with van der Waals surface area (Å²) < 4.78 is 47.2. The second-order valence-electron chi connectivity index (χ2n) is 33.3. The Hall–Kier alpha value is -7.88. The van der Waals surface area contributed by atoms with Gasteiger partial charge in [0, 0.05) is 14.5 Å². The maximum absolute atomic E-state index is 13.8. The minimum Gasteiger partial charge on any atom is -0.494 e. The minimum atomic E-state index is -0.849. The Balaban J connectivity index is 0.000000218. The molecule has 0 spiro atoms. The van der Waals surface area contributed by atoms with Crippen molar-refractivity contribution in [3.8, 4) is 23.0 Å². The zero-order chi connectivity index (χ0) is 88.8. The third-order valence-electron chi connectivity index (χ3n) is 24.2. The lowest BCUT2D eigenvalue weighted by Crippen LogP contribution is -2.34. The predicted molar refractivity (Wildman–Crippen MR) is 528 cm³/mol. The SMILES string of the molecule is Cc1c(OOCc2ccc(OCCC(C)CCCP)cc2)ccc(OC(=O)c2ccc(OCCC(C)CCCP)cc2)c1C.O=C(/C=C\c1ccc(CP)cc1)O[C@@H]1CO[C@H]2[C@@H]1OC[C@@H]2OOC/C=C/c1ccc(CP)cc1.O=C(O[C@H](c1ccccc1)[C@H](OC(=O)c1ccc(C2CCC(CP)CC2)cc1)c1ccccc1)c1ccc(C2CCC(CP)CC2)cc1.[2HH].[2HH]. The van der Waals surface area contributed by atoms with Gasteiger partial charge in [0.15, 0.2) is 24.1 Å². The summed E-state index contributed by atoms with van der Waals surface area (Å²) >= 11 is 0. The van der Waals surface area contributed by atoms with E-state index in [0.29, 0.717) is 78.3 Å². The Morgan fingerprint density at radius 3 is 1.36 bits per heavy atom. The lowest BCUT2D eigenvalue weighted by atomic mass is 9.79. The maximum atomic E-state index is 13.8. The number of benzene rings is 9. The fraction of sp³-hybridized carbons (Fsp3) is 0.404. The average Bonchev–Trinajstić information content (AvgIpc) is 1.61. The molecule has 0 radical (unpaired) electrons. The minimum absolute atomic E-state index is 0. The molecule has 2 aliphatic heterocycles. The van der Waals surface area contributed by atoms with Gasteiger partial charge in [0.25, 0.3) is 0 Å². The molecular formula is C104H132O16P6. The van der Waals surface area contributed by atoms with Crippen molar-refractivity contribution < 1.29 is 79.5 Å². The molecule has 674 valence electrons. The van der Waals surface area contributed by atoms with Gasteiger partial charge in [-0.25, -0.2) is 29.0 Å². The van der Waals surface area contributed by atoms with Crippen LogP contribution in [0, 0.1) is 37.5 Å². The number of esters is 4. The Bertz CT molecular complexity index is 4690. The van der Waals surface area contributed by atoms with Crippen LogP contribution in [0.1, 0.15) is 223 Å². The van der Waals surface area contributed by atoms with Gasteiger partial charge in [-0.05, 0) is 298 Å². The molecule has 2 heterocycles. The molecule has 2 saturated heterocycles. The van der Waals surface area contributed by atoms with Crippen molar-refractivity contribution in [1.82, 2.24) is 0 Å². The highest BCUT2D eigenvalue weighted by Crippen LogP contribution is 2.42. The van der Waals surface area contributed by atoms with Gasteiger partial charge in [0.05, 0.1) is 43.1 Å². The number of carbonyl (C=O) groups is 4. The lowest BCUT2D eigenvalue weighted by molar-refractivity contribution is -0.326.